The van der Waals surface area contributed by atoms with Gasteiger partial charge in [-0.05, 0) is 38.8 Å². The van der Waals surface area contributed by atoms with Crippen molar-refractivity contribution >= 4 is 11.7 Å². The van der Waals surface area contributed by atoms with E-state index in [-0.39, 0.29) is 11.9 Å². The number of anilines is 1. The summed E-state index contributed by atoms with van der Waals surface area (Å²) in [6.45, 7) is 4.14. The second-order valence-corrected chi connectivity index (χ2v) is 6.76. The lowest BCUT2D eigenvalue weighted by molar-refractivity contribution is 0.101. The summed E-state index contributed by atoms with van der Waals surface area (Å²) in [4.78, 5) is 12.6. The summed E-state index contributed by atoms with van der Waals surface area (Å²) in [7, 11) is 1.89. The molecule has 0 bridgehead atoms. The van der Waals surface area contributed by atoms with Crippen molar-refractivity contribution in [1.29, 1.82) is 0 Å². The summed E-state index contributed by atoms with van der Waals surface area (Å²) in [5.74, 6) is 1.23. The van der Waals surface area contributed by atoms with E-state index in [0.717, 1.165) is 11.5 Å². The molecule has 5 nitrogen and oxygen atoms in total. The lowest BCUT2D eigenvalue weighted by Crippen LogP contribution is -2.19. The molecule has 0 aliphatic heterocycles. The molecule has 0 unspecified atom stereocenters. The largest absolute Gasteiger partial charge is 0.341 e. The minimum Gasteiger partial charge on any atom is -0.341 e. The number of aryl methyl sites for hydroxylation is 1. The fourth-order valence-electron chi connectivity index (χ4n) is 3.42. The number of nitrogens with zero attached hydrogens (tertiary/aromatic N) is 3. The van der Waals surface area contributed by atoms with Gasteiger partial charge in [0.05, 0.1) is 5.69 Å². The molecule has 1 fully saturated rings. The van der Waals surface area contributed by atoms with E-state index in [2.05, 4.69) is 24.3 Å². The second-order valence-electron chi connectivity index (χ2n) is 6.76. The second kappa shape index (κ2) is 6.60. The van der Waals surface area contributed by atoms with Gasteiger partial charge in [0.25, 0.3) is 5.91 Å². The first-order chi connectivity index (χ1) is 11.1. The Balaban J connectivity index is 1.76. The minimum atomic E-state index is -0.0816. The van der Waals surface area contributed by atoms with Crippen molar-refractivity contribution in [3.63, 3.8) is 0 Å². The molecule has 23 heavy (non-hydrogen) atoms. The van der Waals surface area contributed by atoms with Crippen LogP contribution in [0.2, 0.25) is 0 Å². The minimum absolute atomic E-state index is 0.0816. The number of carbonyl (C=O) groups excluding carboxylic acids is 1. The van der Waals surface area contributed by atoms with E-state index in [4.69, 9.17) is 0 Å². The molecule has 0 aromatic carbocycles. The number of nitrogens with one attached hydrogen (secondary N) is 1. The standard InChI is InChI=1S/C18H26N4O/c1-13(2)22-11-7-10-16(22)18(23)19-17-12-15(20-21(17)3)14-8-5-4-6-9-14/h7,10-14H,4-6,8-9H2,1-3H3,(H,19,23). The normalized spacial score (nSPS) is 16.0. The molecule has 1 aliphatic carbocycles. The lowest BCUT2D eigenvalue weighted by Gasteiger charge is -2.19. The van der Waals surface area contributed by atoms with Gasteiger partial charge in [0, 0.05) is 31.3 Å². The van der Waals surface area contributed by atoms with Crippen LogP contribution >= 0.6 is 0 Å². The average molecular weight is 314 g/mol. The maximum atomic E-state index is 12.6. The van der Waals surface area contributed by atoms with Gasteiger partial charge in [0.1, 0.15) is 11.5 Å². The van der Waals surface area contributed by atoms with E-state index in [9.17, 15) is 4.79 Å². The summed E-state index contributed by atoms with van der Waals surface area (Å²) < 4.78 is 3.76. The van der Waals surface area contributed by atoms with Crippen molar-refractivity contribution in [1.82, 2.24) is 14.3 Å². The molecule has 0 spiro atoms. The zero-order valence-electron chi connectivity index (χ0n) is 14.2. The Morgan fingerprint density at radius 2 is 2.04 bits per heavy atom. The monoisotopic (exact) mass is 314 g/mol. The third-order valence-electron chi connectivity index (χ3n) is 4.73. The van der Waals surface area contributed by atoms with Crippen molar-refractivity contribution in [3.05, 3.63) is 35.8 Å². The summed E-state index contributed by atoms with van der Waals surface area (Å²) in [5.41, 5.74) is 1.79. The van der Waals surface area contributed by atoms with Gasteiger partial charge in [-0.1, -0.05) is 19.3 Å². The number of amides is 1. The zero-order valence-corrected chi connectivity index (χ0v) is 14.2. The number of carbonyl (C=O) groups is 1. The van der Waals surface area contributed by atoms with Crippen LogP contribution < -0.4 is 5.32 Å². The highest BCUT2D eigenvalue weighted by atomic mass is 16.2. The van der Waals surface area contributed by atoms with Gasteiger partial charge < -0.3 is 9.88 Å². The van der Waals surface area contributed by atoms with Crippen molar-refractivity contribution in [2.24, 2.45) is 7.05 Å². The van der Waals surface area contributed by atoms with Crippen LogP contribution in [0, 0.1) is 0 Å². The third-order valence-corrected chi connectivity index (χ3v) is 4.73. The molecule has 1 aliphatic rings. The average Bonchev–Trinajstić information content (AvgIpc) is 3.16. The van der Waals surface area contributed by atoms with Gasteiger partial charge in [-0.3, -0.25) is 9.48 Å². The van der Waals surface area contributed by atoms with Gasteiger partial charge in [-0.25, -0.2) is 0 Å². The number of hydrogen-bond acceptors (Lipinski definition) is 2. The van der Waals surface area contributed by atoms with Gasteiger partial charge in [-0.15, -0.1) is 0 Å². The van der Waals surface area contributed by atoms with E-state index in [1.54, 1.807) is 4.68 Å². The van der Waals surface area contributed by atoms with Gasteiger partial charge in [0.15, 0.2) is 0 Å². The van der Waals surface area contributed by atoms with Crippen molar-refractivity contribution < 1.29 is 4.79 Å². The number of hydrogen-bond donors (Lipinski definition) is 1. The van der Waals surface area contributed by atoms with Crippen LogP contribution in [0.3, 0.4) is 0 Å². The van der Waals surface area contributed by atoms with Crippen molar-refractivity contribution in [2.45, 2.75) is 57.9 Å². The Morgan fingerprint density at radius 3 is 2.74 bits per heavy atom. The van der Waals surface area contributed by atoms with Crippen molar-refractivity contribution in [2.75, 3.05) is 5.32 Å². The van der Waals surface area contributed by atoms with Crippen LogP contribution in [0.4, 0.5) is 5.82 Å². The van der Waals surface area contributed by atoms with Crippen LogP contribution in [0.5, 0.6) is 0 Å². The summed E-state index contributed by atoms with van der Waals surface area (Å²) in [6, 6.07) is 6.06. The first-order valence-electron chi connectivity index (χ1n) is 8.58. The highest BCUT2D eigenvalue weighted by Crippen LogP contribution is 2.32. The summed E-state index contributed by atoms with van der Waals surface area (Å²) in [6.07, 6.45) is 8.26. The van der Waals surface area contributed by atoms with E-state index in [0.29, 0.717) is 11.6 Å². The third kappa shape index (κ3) is 3.33. The fraction of sp³-hybridized carbons (Fsp3) is 0.556. The quantitative estimate of drug-likeness (QED) is 0.923. The Hall–Kier alpha value is -2.04. The predicted octanol–water partition coefficient (Wildman–Crippen LogP) is 4.10. The molecule has 5 heteroatoms. The molecule has 0 atom stereocenters. The molecular formula is C18H26N4O. The van der Waals surface area contributed by atoms with Crippen LogP contribution in [-0.4, -0.2) is 20.3 Å². The molecule has 3 rings (SSSR count). The van der Waals surface area contributed by atoms with E-state index in [1.807, 2.05) is 36.0 Å². The van der Waals surface area contributed by atoms with Gasteiger partial charge in [-0.2, -0.15) is 5.10 Å². The molecule has 1 N–H and O–H groups in total. The van der Waals surface area contributed by atoms with Crippen LogP contribution in [0.1, 0.15) is 74.1 Å². The summed E-state index contributed by atoms with van der Waals surface area (Å²) >= 11 is 0. The molecule has 1 amide bonds. The lowest BCUT2D eigenvalue weighted by atomic mass is 9.87. The Kier molecular flexibility index (Phi) is 4.55. The van der Waals surface area contributed by atoms with Crippen molar-refractivity contribution in [3.8, 4) is 0 Å². The smallest absolute Gasteiger partial charge is 0.273 e. The molecule has 2 heterocycles. The molecule has 0 saturated heterocycles. The first-order valence-corrected chi connectivity index (χ1v) is 8.58. The van der Waals surface area contributed by atoms with Gasteiger partial charge >= 0.3 is 0 Å². The molecular weight excluding hydrogens is 288 g/mol. The van der Waals surface area contributed by atoms with Crippen LogP contribution in [-0.2, 0) is 7.05 Å². The highest BCUT2D eigenvalue weighted by molar-refractivity contribution is 6.02. The maximum absolute atomic E-state index is 12.6. The zero-order chi connectivity index (χ0) is 16.4. The van der Waals surface area contributed by atoms with Crippen LogP contribution in [0.15, 0.2) is 24.4 Å². The Bertz CT molecular complexity index is 677. The Morgan fingerprint density at radius 1 is 1.30 bits per heavy atom. The first kappa shape index (κ1) is 15.8. The molecule has 0 radical (unpaired) electrons. The van der Waals surface area contributed by atoms with E-state index >= 15 is 0 Å². The number of aromatic nitrogens is 3. The highest BCUT2D eigenvalue weighted by Gasteiger charge is 2.21. The van der Waals surface area contributed by atoms with E-state index < -0.39 is 0 Å². The predicted molar refractivity (Wildman–Crippen MR) is 91.8 cm³/mol. The van der Waals surface area contributed by atoms with Gasteiger partial charge in [0.2, 0.25) is 0 Å². The van der Waals surface area contributed by atoms with Crippen LogP contribution in [0.25, 0.3) is 0 Å². The number of rotatable bonds is 4. The molecule has 2 aromatic heterocycles. The molecule has 124 valence electrons. The van der Waals surface area contributed by atoms with E-state index in [1.165, 1.54) is 32.1 Å². The summed E-state index contributed by atoms with van der Waals surface area (Å²) in [5, 5.41) is 7.63. The fourth-order valence-corrected chi connectivity index (χ4v) is 3.42. The Labute approximate surface area is 137 Å². The topological polar surface area (TPSA) is 51.9 Å². The molecule has 2 aromatic rings. The SMILES string of the molecule is CC(C)n1cccc1C(=O)Nc1cc(C2CCCCC2)nn1C. The molecule has 1 saturated carbocycles. The maximum Gasteiger partial charge on any atom is 0.273 e.